The largest absolute Gasteiger partial charge is 0.378 e. The van der Waals surface area contributed by atoms with Crippen LogP contribution in [-0.2, 0) is 9.53 Å². The standard InChI is InChI=1S/C12H24N2O2/c1-9(2)10(3)13-11(4)12(15)14-5-7-16-8-6-14/h9-11,13H,5-8H2,1-4H3. The highest BCUT2D eigenvalue weighted by atomic mass is 16.5. The molecule has 0 saturated carbocycles. The summed E-state index contributed by atoms with van der Waals surface area (Å²) < 4.78 is 5.23. The SMILES string of the molecule is CC(NC(C)C(C)C)C(=O)N1CCOCC1. The van der Waals surface area contributed by atoms with Crippen molar-refractivity contribution in [2.45, 2.75) is 39.8 Å². The molecule has 0 aromatic heterocycles. The topological polar surface area (TPSA) is 41.6 Å². The van der Waals surface area contributed by atoms with Crippen LogP contribution in [0, 0.1) is 5.92 Å². The third-order valence-electron chi connectivity index (χ3n) is 3.21. The van der Waals surface area contributed by atoms with Gasteiger partial charge in [0.15, 0.2) is 0 Å². The van der Waals surface area contributed by atoms with Crippen LogP contribution in [-0.4, -0.2) is 49.2 Å². The molecule has 1 N–H and O–H groups in total. The van der Waals surface area contributed by atoms with Gasteiger partial charge in [0.25, 0.3) is 0 Å². The Hall–Kier alpha value is -0.610. The number of nitrogens with one attached hydrogen (secondary N) is 1. The molecule has 2 atom stereocenters. The van der Waals surface area contributed by atoms with Gasteiger partial charge in [-0.3, -0.25) is 4.79 Å². The maximum atomic E-state index is 12.1. The summed E-state index contributed by atoms with van der Waals surface area (Å²) in [6, 6.07) is 0.260. The Labute approximate surface area is 98.3 Å². The van der Waals surface area contributed by atoms with Gasteiger partial charge < -0.3 is 15.0 Å². The minimum absolute atomic E-state index is 0.101. The van der Waals surface area contributed by atoms with E-state index in [1.165, 1.54) is 0 Å². The van der Waals surface area contributed by atoms with E-state index in [4.69, 9.17) is 4.74 Å². The normalized spacial score (nSPS) is 20.9. The molecule has 1 saturated heterocycles. The van der Waals surface area contributed by atoms with Crippen molar-refractivity contribution >= 4 is 5.91 Å². The molecule has 4 nitrogen and oxygen atoms in total. The summed E-state index contributed by atoms with van der Waals surface area (Å²) in [6.07, 6.45) is 0. The molecule has 0 aromatic carbocycles. The van der Waals surface area contributed by atoms with Crippen LogP contribution in [0.2, 0.25) is 0 Å². The van der Waals surface area contributed by atoms with E-state index in [1.807, 2.05) is 11.8 Å². The number of amides is 1. The third-order valence-corrected chi connectivity index (χ3v) is 3.21. The molecule has 0 radical (unpaired) electrons. The third kappa shape index (κ3) is 3.76. The first kappa shape index (κ1) is 13.5. The first-order valence-electron chi connectivity index (χ1n) is 6.15. The zero-order chi connectivity index (χ0) is 12.1. The fourth-order valence-electron chi connectivity index (χ4n) is 1.72. The molecule has 94 valence electrons. The maximum absolute atomic E-state index is 12.1. The molecule has 1 fully saturated rings. The summed E-state index contributed by atoms with van der Waals surface area (Å²) in [5.41, 5.74) is 0. The average molecular weight is 228 g/mol. The number of rotatable bonds is 4. The Morgan fingerprint density at radius 2 is 1.75 bits per heavy atom. The van der Waals surface area contributed by atoms with Gasteiger partial charge in [0.05, 0.1) is 19.3 Å². The lowest BCUT2D eigenvalue weighted by atomic mass is 10.1. The molecule has 0 aliphatic carbocycles. The highest BCUT2D eigenvalue weighted by Crippen LogP contribution is 2.05. The molecule has 1 heterocycles. The van der Waals surface area contributed by atoms with Gasteiger partial charge in [-0.15, -0.1) is 0 Å². The number of carbonyl (C=O) groups excluding carboxylic acids is 1. The highest BCUT2D eigenvalue weighted by molar-refractivity contribution is 5.81. The van der Waals surface area contributed by atoms with E-state index >= 15 is 0 Å². The van der Waals surface area contributed by atoms with E-state index in [2.05, 4.69) is 26.1 Å². The van der Waals surface area contributed by atoms with Gasteiger partial charge in [-0.25, -0.2) is 0 Å². The van der Waals surface area contributed by atoms with Crippen LogP contribution in [0.1, 0.15) is 27.7 Å². The van der Waals surface area contributed by atoms with Gasteiger partial charge in [0.2, 0.25) is 5.91 Å². The minimum atomic E-state index is -0.101. The van der Waals surface area contributed by atoms with E-state index in [0.717, 1.165) is 13.1 Å². The van der Waals surface area contributed by atoms with Gasteiger partial charge in [0.1, 0.15) is 0 Å². The fraction of sp³-hybridized carbons (Fsp3) is 0.917. The van der Waals surface area contributed by atoms with Crippen molar-refractivity contribution in [3.8, 4) is 0 Å². The van der Waals surface area contributed by atoms with Crippen molar-refractivity contribution in [3.05, 3.63) is 0 Å². The predicted molar refractivity (Wildman–Crippen MR) is 64.3 cm³/mol. The first-order chi connectivity index (χ1) is 7.52. The summed E-state index contributed by atoms with van der Waals surface area (Å²) >= 11 is 0. The number of carbonyl (C=O) groups is 1. The van der Waals surface area contributed by atoms with Gasteiger partial charge >= 0.3 is 0 Å². The zero-order valence-corrected chi connectivity index (χ0v) is 10.8. The van der Waals surface area contributed by atoms with Crippen LogP contribution in [0.5, 0.6) is 0 Å². The van der Waals surface area contributed by atoms with Crippen molar-refractivity contribution in [3.63, 3.8) is 0 Å². The number of hydrogen-bond acceptors (Lipinski definition) is 3. The van der Waals surface area contributed by atoms with Crippen molar-refractivity contribution < 1.29 is 9.53 Å². The van der Waals surface area contributed by atoms with Gasteiger partial charge in [0, 0.05) is 19.1 Å². The summed E-state index contributed by atoms with van der Waals surface area (Å²) in [5.74, 6) is 0.732. The second-order valence-corrected chi connectivity index (χ2v) is 4.86. The lowest BCUT2D eigenvalue weighted by molar-refractivity contribution is -0.137. The first-order valence-corrected chi connectivity index (χ1v) is 6.15. The van der Waals surface area contributed by atoms with Crippen molar-refractivity contribution in [1.82, 2.24) is 10.2 Å². The molecular formula is C12H24N2O2. The lowest BCUT2D eigenvalue weighted by Gasteiger charge is -2.31. The van der Waals surface area contributed by atoms with E-state index in [9.17, 15) is 4.79 Å². The molecule has 16 heavy (non-hydrogen) atoms. The van der Waals surface area contributed by atoms with Crippen molar-refractivity contribution in [2.75, 3.05) is 26.3 Å². The second-order valence-electron chi connectivity index (χ2n) is 4.86. The lowest BCUT2D eigenvalue weighted by Crippen LogP contribution is -2.51. The Morgan fingerprint density at radius 3 is 2.25 bits per heavy atom. The number of ether oxygens (including phenoxy) is 1. The fourth-order valence-corrected chi connectivity index (χ4v) is 1.72. The Morgan fingerprint density at radius 1 is 1.19 bits per heavy atom. The smallest absolute Gasteiger partial charge is 0.239 e. The maximum Gasteiger partial charge on any atom is 0.239 e. The average Bonchev–Trinajstić information content (AvgIpc) is 2.28. The number of morpholine rings is 1. The van der Waals surface area contributed by atoms with Crippen LogP contribution < -0.4 is 5.32 Å². The molecule has 2 unspecified atom stereocenters. The second kappa shape index (κ2) is 6.21. The monoisotopic (exact) mass is 228 g/mol. The van der Waals surface area contributed by atoms with E-state index in [-0.39, 0.29) is 11.9 Å². The van der Waals surface area contributed by atoms with Crippen LogP contribution >= 0.6 is 0 Å². The molecule has 0 spiro atoms. The molecular weight excluding hydrogens is 204 g/mol. The van der Waals surface area contributed by atoms with Crippen LogP contribution in [0.3, 0.4) is 0 Å². The van der Waals surface area contributed by atoms with Gasteiger partial charge in [-0.05, 0) is 19.8 Å². The molecule has 1 aliphatic rings. The molecule has 4 heteroatoms. The molecule has 0 bridgehead atoms. The van der Waals surface area contributed by atoms with Gasteiger partial charge in [-0.1, -0.05) is 13.8 Å². The van der Waals surface area contributed by atoms with Crippen LogP contribution in [0.15, 0.2) is 0 Å². The minimum Gasteiger partial charge on any atom is -0.378 e. The van der Waals surface area contributed by atoms with Crippen molar-refractivity contribution in [1.29, 1.82) is 0 Å². The van der Waals surface area contributed by atoms with Crippen LogP contribution in [0.4, 0.5) is 0 Å². The molecule has 1 rings (SSSR count). The summed E-state index contributed by atoms with van der Waals surface area (Å²) in [4.78, 5) is 13.9. The Balaban J connectivity index is 2.40. The highest BCUT2D eigenvalue weighted by Gasteiger charge is 2.23. The van der Waals surface area contributed by atoms with Gasteiger partial charge in [-0.2, -0.15) is 0 Å². The Kier molecular flexibility index (Phi) is 5.22. The predicted octanol–water partition coefficient (Wildman–Crippen LogP) is 0.868. The Bertz CT molecular complexity index is 225. The van der Waals surface area contributed by atoms with Crippen LogP contribution in [0.25, 0.3) is 0 Å². The van der Waals surface area contributed by atoms with Crippen molar-refractivity contribution in [2.24, 2.45) is 5.92 Å². The summed E-state index contributed by atoms with van der Waals surface area (Å²) in [7, 11) is 0. The summed E-state index contributed by atoms with van der Waals surface area (Å²) in [5, 5.41) is 3.34. The van der Waals surface area contributed by atoms with E-state index in [0.29, 0.717) is 25.2 Å². The quantitative estimate of drug-likeness (QED) is 0.776. The number of nitrogens with zero attached hydrogens (tertiary/aromatic N) is 1. The zero-order valence-electron chi connectivity index (χ0n) is 10.8. The molecule has 0 aromatic rings. The molecule has 1 amide bonds. The summed E-state index contributed by atoms with van der Waals surface area (Å²) in [6.45, 7) is 11.1. The molecule has 1 aliphatic heterocycles. The van der Waals surface area contributed by atoms with E-state index < -0.39 is 0 Å². The van der Waals surface area contributed by atoms with E-state index in [1.54, 1.807) is 0 Å². The number of hydrogen-bond donors (Lipinski definition) is 1.